The monoisotopic (exact) mass is 1770 g/mol. The van der Waals surface area contributed by atoms with E-state index in [9.17, 15) is 0 Å². The highest BCUT2D eigenvalue weighted by Crippen LogP contribution is 2.35. The van der Waals surface area contributed by atoms with Gasteiger partial charge >= 0.3 is 0 Å². The smallest absolute Gasteiger partial charge is 0.103 e. The second-order valence-electron chi connectivity index (χ2n) is 37.3. The van der Waals surface area contributed by atoms with Gasteiger partial charge in [-0.3, -0.25) is 34.9 Å². The molecule has 14 aromatic rings. The summed E-state index contributed by atoms with van der Waals surface area (Å²) >= 11 is 0. The van der Waals surface area contributed by atoms with Crippen molar-refractivity contribution >= 4 is 97.0 Å². The fourth-order valence-corrected chi connectivity index (χ4v) is 17.3. The number of nitrogens with zero attached hydrogens (tertiary/aromatic N) is 8. The first-order valence-corrected chi connectivity index (χ1v) is 47.5. The molecule has 0 aliphatic rings. The molecule has 14 aromatic carbocycles. The lowest BCUT2D eigenvalue weighted by Crippen LogP contribution is -2.08. The third-order valence-electron chi connectivity index (χ3n) is 24.3. The topological polar surface area (TPSA) is 111 Å². The van der Waals surface area contributed by atoms with Crippen molar-refractivity contribution in [3.8, 4) is 44.5 Å². The Labute approximate surface area is 802 Å². The van der Waals surface area contributed by atoms with E-state index in [1.807, 2.05) is 13.0 Å². The first-order valence-electron chi connectivity index (χ1n) is 47.5. The Bertz CT molecular complexity index is 6270. The molecule has 9 heteroatoms. The predicted molar refractivity (Wildman–Crippen MR) is 586 cm³/mol. The number of aliphatic imine (C=N–C) groups is 8. The van der Waals surface area contributed by atoms with Gasteiger partial charge < -0.3 is 5.32 Å². The number of aryl methyl sites for hydroxylation is 12. The van der Waals surface area contributed by atoms with E-state index in [2.05, 4.69) is 462 Å². The third kappa shape index (κ3) is 30.4. The fraction of sp³-hybridized carbons (Fsp3) is 0.264. The molecular weight excluding hydrogens is 1630 g/mol. The number of amidine groups is 1. The van der Waals surface area contributed by atoms with Gasteiger partial charge in [0.2, 0.25) is 0 Å². The van der Waals surface area contributed by atoms with Gasteiger partial charge in [-0.1, -0.05) is 240 Å². The van der Waals surface area contributed by atoms with Crippen molar-refractivity contribution in [3.05, 3.63) is 398 Å². The first-order chi connectivity index (χ1) is 64.2. The van der Waals surface area contributed by atoms with Gasteiger partial charge in [0, 0.05) is 83.3 Å². The lowest BCUT2D eigenvalue weighted by Gasteiger charge is -2.13. The van der Waals surface area contributed by atoms with E-state index < -0.39 is 0 Å². The van der Waals surface area contributed by atoms with Crippen molar-refractivity contribution in [2.24, 2.45) is 51.8 Å². The molecule has 0 unspecified atom stereocenters. The number of hydrogen-bond donors (Lipinski definition) is 1. The Balaban J connectivity index is 0.000000173. The van der Waals surface area contributed by atoms with E-state index in [1.165, 1.54) is 139 Å². The summed E-state index contributed by atoms with van der Waals surface area (Å²) in [5.74, 6) is 2.14. The summed E-state index contributed by atoms with van der Waals surface area (Å²) in [7, 11) is 0. The van der Waals surface area contributed by atoms with Crippen LogP contribution in [0.5, 0.6) is 0 Å². The second-order valence-corrected chi connectivity index (χ2v) is 37.3. The highest BCUT2D eigenvalue weighted by molar-refractivity contribution is 6.00. The van der Waals surface area contributed by atoms with Crippen LogP contribution in [0.2, 0.25) is 0 Å². The van der Waals surface area contributed by atoms with Crippen LogP contribution in [0.15, 0.2) is 343 Å². The zero-order valence-corrected chi connectivity index (χ0v) is 84.0. The molecule has 9 nitrogen and oxygen atoms in total. The van der Waals surface area contributed by atoms with E-state index >= 15 is 0 Å². The summed E-state index contributed by atoms with van der Waals surface area (Å²) in [6, 6.07) is 106. The number of benzene rings is 14. The minimum Gasteiger partial charge on any atom is -0.343 e. The van der Waals surface area contributed by atoms with Crippen molar-refractivity contribution in [2.45, 2.75) is 211 Å². The van der Waals surface area contributed by atoms with Gasteiger partial charge in [-0.15, -0.1) is 0 Å². The van der Waals surface area contributed by atoms with Crippen LogP contribution in [0.3, 0.4) is 0 Å². The highest BCUT2D eigenvalue weighted by atomic mass is 15.0. The molecule has 0 bridgehead atoms. The van der Waals surface area contributed by atoms with Crippen molar-refractivity contribution in [1.82, 2.24) is 0 Å². The molecule has 684 valence electrons. The average Bonchev–Trinajstić information content (AvgIpc) is 0.831. The van der Waals surface area contributed by atoms with Crippen molar-refractivity contribution in [2.75, 3.05) is 5.32 Å². The zero-order valence-electron chi connectivity index (χ0n) is 84.0. The number of rotatable bonds is 27. The maximum atomic E-state index is 4.93. The maximum Gasteiger partial charge on any atom is 0.103 e. The Morgan fingerprint density at radius 3 is 0.701 bits per heavy atom. The fourth-order valence-electron chi connectivity index (χ4n) is 17.3. The molecule has 0 aliphatic carbocycles. The summed E-state index contributed by atoms with van der Waals surface area (Å²) in [6.45, 7) is 51.6. The van der Waals surface area contributed by atoms with Gasteiger partial charge in [0.15, 0.2) is 0 Å². The molecule has 0 atom stereocenters. The first kappa shape index (κ1) is 101. The SMILES string of the molecule is CC(CC(C)C)=Nc1ccc(-c2cccc(N=C(C)CC(C)C)c2)cc1.CC(Cc1c(C)cccc1C)=Nc1ccc(-c2cccc(N=C(C)Cc3c(C)cccc3C)c2)cc1.CC(Cc1c(C)cccc1C)=Nc1ccc(-c2cccc(N=C(C)Cc3c(C)cccc3C)c2)cc1.CC(Cc1c(C)cccc1C)=Nc1ccc(-c2ccccc2NC(C)=Nc2c(C)cccc2C)cc1. The van der Waals surface area contributed by atoms with Gasteiger partial charge in [0.05, 0.1) is 45.5 Å². The van der Waals surface area contributed by atoms with Gasteiger partial charge in [0.1, 0.15) is 5.84 Å². The number of nitrogens with one attached hydrogen (secondary N) is 1. The maximum absolute atomic E-state index is 4.93. The lowest BCUT2D eigenvalue weighted by atomic mass is 9.98. The molecule has 0 saturated heterocycles. The molecular formula is C125H139N9. The van der Waals surface area contributed by atoms with Crippen molar-refractivity contribution in [1.29, 1.82) is 0 Å². The van der Waals surface area contributed by atoms with Crippen LogP contribution in [-0.2, 0) is 32.1 Å². The van der Waals surface area contributed by atoms with Gasteiger partial charge in [-0.2, -0.15) is 0 Å². The van der Waals surface area contributed by atoms with Crippen LogP contribution in [0.25, 0.3) is 44.5 Å². The Hall–Kier alpha value is -13.8. The van der Waals surface area contributed by atoms with Crippen LogP contribution in [0.1, 0.15) is 191 Å². The summed E-state index contributed by atoms with van der Waals surface area (Å²) in [4.78, 5) is 38.8. The molecule has 1 N–H and O–H groups in total. The minimum absolute atomic E-state index is 0.634. The molecule has 0 amide bonds. The highest BCUT2D eigenvalue weighted by Gasteiger charge is 2.15. The molecule has 0 saturated carbocycles. The molecule has 0 heterocycles. The van der Waals surface area contributed by atoms with Crippen LogP contribution >= 0.6 is 0 Å². The van der Waals surface area contributed by atoms with Gasteiger partial charge in [-0.05, 0) is 388 Å². The summed E-state index contributed by atoms with van der Waals surface area (Å²) in [5, 5.41) is 3.52. The van der Waals surface area contributed by atoms with Gasteiger partial charge in [-0.25, -0.2) is 4.99 Å². The standard InChI is InChI=1S/2C34H36N2.C33H35N3.C24H32N2/c2*1-23-10-7-11-24(2)33(23)20-27(5)35-31-18-16-29(17-19-31)30-14-9-15-32(22-30)36-28(6)21-34-25(3)12-8-13-26(34)4;1-22-11-9-12-23(2)31(22)21-26(5)34-29-19-17-28(18-20-29)30-15-7-8-16-32(30)35-27(6)36-33-24(3)13-10-14-25(33)4;1-17(2)14-19(5)25-23-12-10-21(11-13-23)22-8-7-9-24(16-22)26-20(6)15-18(3)4/h2*7-19,22H,20-21H2,1-6H3;7-20H,21H2,1-6H3,(H,35,36);7-13,16-18H,14-15H2,1-6H3. The summed E-state index contributed by atoms with van der Waals surface area (Å²) in [5.41, 5.74) is 48.8. The summed E-state index contributed by atoms with van der Waals surface area (Å²) < 4.78 is 0. The number of para-hydroxylation sites is 2. The summed E-state index contributed by atoms with van der Waals surface area (Å²) in [6.07, 6.45) is 6.44. The van der Waals surface area contributed by atoms with Crippen molar-refractivity contribution < 1.29 is 0 Å². The quantitative estimate of drug-likeness (QED) is 0.0401. The second kappa shape index (κ2) is 49.1. The van der Waals surface area contributed by atoms with Gasteiger partial charge in [0.25, 0.3) is 0 Å². The van der Waals surface area contributed by atoms with E-state index in [0.717, 1.165) is 142 Å². The van der Waals surface area contributed by atoms with E-state index in [-0.39, 0.29) is 0 Å². The zero-order chi connectivity index (χ0) is 96.1. The van der Waals surface area contributed by atoms with E-state index in [4.69, 9.17) is 39.9 Å². The Morgan fingerprint density at radius 1 is 0.209 bits per heavy atom. The Morgan fingerprint density at radius 2 is 0.433 bits per heavy atom. The van der Waals surface area contributed by atoms with E-state index in [0.29, 0.717) is 11.8 Å². The predicted octanol–water partition coefficient (Wildman–Crippen LogP) is 35.2. The number of anilines is 1. The molecule has 14 rings (SSSR count). The van der Waals surface area contributed by atoms with Crippen LogP contribution in [0.4, 0.5) is 51.2 Å². The van der Waals surface area contributed by atoms with E-state index in [1.54, 1.807) is 0 Å². The minimum atomic E-state index is 0.634. The average molecular weight is 1770 g/mol. The normalized spacial score (nSPS) is 12.3. The lowest BCUT2D eigenvalue weighted by molar-refractivity contribution is 0.682. The molecule has 0 aromatic heterocycles. The van der Waals surface area contributed by atoms with Crippen LogP contribution in [0, 0.1) is 94.9 Å². The largest absolute Gasteiger partial charge is 0.343 e. The third-order valence-corrected chi connectivity index (χ3v) is 24.3. The van der Waals surface area contributed by atoms with Crippen LogP contribution < -0.4 is 5.32 Å². The molecule has 0 radical (unpaired) electrons. The molecule has 0 spiro atoms. The van der Waals surface area contributed by atoms with Crippen molar-refractivity contribution in [3.63, 3.8) is 0 Å². The molecule has 134 heavy (non-hydrogen) atoms. The molecule has 0 fully saturated rings. The molecule has 0 aliphatic heterocycles. The number of hydrogen-bond acceptors (Lipinski definition) is 8. The Kier molecular flexibility index (Phi) is 36.9. The van der Waals surface area contributed by atoms with Crippen LogP contribution in [-0.4, -0.2) is 45.8 Å².